The molecule has 5 nitrogen and oxygen atoms in total. The van der Waals surface area contributed by atoms with E-state index in [-0.39, 0.29) is 12.5 Å². The standard InChI is InChI=1S/C16H16BrN3O2/c1-10-8-11(17)6-7-13(10)20-15(21)9-19-14-5-3-2-4-12(14)16(18)22/h2-8,19H,9H2,1H3,(H2,18,22)(H,20,21). The van der Waals surface area contributed by atoms with Crippen LogP contribution in [-0.2, 0) is 4.79 Å². The number of hydrogen-bond donors (Lipinski definition) is 3. The van der Waals surface area contributed by atoms with E-state index >= 15 is 0 Å². The molecule has 0 saturated carbocycles. The number of rotatable bonds is 5. The number of carbonyl (C=O) groups is 2. The Morgan fingerprint density at radius 1 is 1.14 bits per heavy atom. The highest BCUT2D eigenvalue weighted by Crippen LogP contribution is 2.20. The van der Waals surface area contributed by atoms with E-state index in [0.717, 1.165) is 15.7 Å². The maximum absolute atomic E-state index is 12.0. The normalized spacial score (nSPS) is 10.1. The maximum Gasteiger partial charge on any atom is 0.250 e. The van der Waals surface area contributed by atoms with Gasteiger partial charge in [0.2, 0.25) is 5.91 Å². The van der Waals surface area contributed by atoms with Gasteiger partial charge in [0.1, 0.15) is 0 Å². The number of benzene rings is 2. The van der Waals surface area contributed by atoms with Crippen molar-refractivity contribution < 1.29 is 9.59 Å². The number of hydrogen-bond acceptors (Lipinski definition) is 3. The van der Waals surface area contributed by atoms with E-state index in [9.17, 15) is 9.59 Å². The van der Waals surface area contributed by atoms with Crippen LogP contribution in [0.2, 0.25) is 0 Å². The Morgan fingerprint density at radius 3 is 2.55 bits per heavy atom. The molecule has 0 aliphatic rings. The highest BCUT2D eigenvalue weighted by molar-refractivity contribution is 9.10. The average molecular weight is 362 g/mol. The molecular weight excluding hydrogens is 346 g/mol. The first-order valence-electron chi connectivity index (χ1n) is 6.66. The average Bonchev–Trinajstić information content (AvgIpc) is 2.48. The molecule has 0 aliphatic heterocycles. The van der Waals surface area contributed by atoms with Gasteiger partial charge in [0, 0.05) is 15.8 Å². The minimum absolute atomic E-state index is 0.0415. The maximum atomic E-state index is 12.0. The Kier molecular flexibility index (Phi) is 5.16. The van der Waals surface area contributed by atoms with Gasteiger partial charge in [0.15, 0.2) is 0 Å². The molecule has 0 heterocycles. The van der Waals surface area contributed by atoms with E-state index < -0.39 is 5.91 Å². The summed E-state index contributed by atoms with van der Waals surface area (Å²) in [5, 5.41) is 5.74. The quantitative estimate of drug-likeness (QED) is 0.765. The number of anilines is 2. The smallest absolute Gasteiger partial charge is 0.250 e. The summed E-state index contributed by atoms with van der Waals surface area (Å²) in [5.74, 6) is -0.739. The molecule has 0 fully saturated rings. The van der Waals surface area contributed by atoms with Gasteiger partial charge in [-0.1, -0.05) is 28.1 Å². The Balaban J connectivity index is 2.00. The van der Waals surface area contributed by atoms with Gasteiger partial charge in [-0.05, 0) is 42.8 Å². The summed E-state index contributed by atoms with van der Waals surface area (Å²) >= 11 is 3.38. The van der Waals surface area contributed by atoms with Crippen LogP contribution >= 0.6 is 15.9 Å². The minimum atomic E-state index is -0.535. The molecule has 114 valence electrons. The number of halogens is 1. The summed E-state index contributed by atoms with van der Waals surface area (Å²) < 4.78 is 0.955. The molecule has 0 bridgehead atoms. The molecule has 0 spiro atoms. The molecule has 0 atom stereocenters. The summed E-state index contributed by atoms with van der Waals surface area (Å²) in [6.45, 7) is 1.95. The van der Waals surface area contributed by atoms with E-state index in [1.54, 1.807) is 24.3 Å². The summed E-state index contributed by atoms with van der Waals surface area (Å²) in [6.07, 6.45) is 0. The second-order valence-corrected chi connectivity index (χ2v) is 5.69. The van der Waals surface area contributed by atoms with Gasteiger partial charge in [-0.25, -0.2) is 0 Å². The van der Waals surface area contributed by atoms with Crippen LogP contribution in [0.3, 0.4) is 0 Å². The number of para-hydroxylation sites is 1. The first-order chi connectivity index (χ1) is 10.5. The molecule has 2 amide bonds. The van der Waals surface area contributed by atoms with E-state index in [1.165, 1.54) is 0 Å². The van der Waals surface area contributed by atoms with Crippen molar-refractivity contribution in [1.29, 1.82) is 0 Å². The van der Waals surface area contributed by atoms with Crippen molar-refractivity contribution in [2.45, 2.75) is 6.92 Å². The van der Waals surface area contributed by atoms with Crippen molar-refractivity contribution in [1.82, 2.24) is 0 Å². The summed E-state index contributed by atoms with van der Waals surface area (Å²) in [5.41, 5.74) is 7.90. The highest BCUT2D eigenvalue weighted by atomic mass is 79.9. The van der Waals surface area contributed by atoms with Gasteiger partial charge in [-0.15, -0.1) is 0 Å². The number of primary amides is 1. The largest absolute Gasteiger partial charge is 0.376 e. The van der Waals surface area contributed by atoms with Crippen LogP contribution in [0.5, 0.6) is 0 Å². The van der Waals surface area contributed by atoms with Gasteiger partial charge in [-0.2, -0.15) is 0 Å². The molecule has 6 heteroatoms. The fourth-order valence-corrected chi connectivity index (χ4v) is 2.46. The third-order valence-electron chi connectivity index (χ3n) is 3.09. The first-order valence-corrected chi connectivity index (χ1v) is 7.45. The van der Waals surface area contributed by atoms with Gasteiger partial charge in [-0.3, -0.25) is 9.59 Å². The molecular formula is C16H16BrN3O2. The van der Waals surface area contributed by atoms with E-state index in [1.807, 2.05) is 25.1 Å². The molecule has 0 saturated heterocycles. The number of carbonyl (C=O) groups excluding carboxylic acids is 2. The van der Waals surface area contributed by atoms with Crippen molar-refractivity contribution >= 4 is 39.1 Å². The third kappa shape index (κ3) is 4.08. The Morgan fingerprint density at radius 2 is 1.86 bits per heavy atom. The Hall–Kier alpha value is -2.34. The molecule has 0 radical (unpaired) electrons. The molecule has 0 unspecified atom stereocenters. The van der Waals surface area contributed by atoms with Crippen LogP contribution in [0, 0.1) is 6.92 Å². The minimum Gasteiger partial charge on any atom is -0.376 e. The first kappa shape index (κ1) is 16.0. The molecule has 2 aromatic rings. The van der Waals surface area contributed by atoms with Gasteiger partial charge in [0.25, 0.3) is 5.91 Å². The van der Waals surface area contributed by atoms with Gasteiger partial charge < -0.3 is 16.4 Å². The molecule has 2 aromatic carbocycles. The van der Waals surface area contributed by atoms with Crippen molar-refractivity contribution in [3.05, 3.63) is 58.1 Å². The number of nitrogens with one attached hydrogen (secondary N) is 2. The molecule has 2 rings (SSSR count). The van der Waals surface area contributed by atoms with Crippen LogP contribution in [0.1, 0.15) is 15.9 Å². The van der Waals surface area contributed by atoms with Crippen LogP contribution in [0.4, 0.5) is 11.4 Å². The zero-order valence-corrected chi connectivity index (χ0v) is 13.6. The number of nitrogens with two attached hydrogens (primary N) is 1. The third-order valence-corrected chi connectivity index (χ3v) is 3.59. The predicted molar refractivity (Wildman–Crippen MR) is 91.0 cm³/mol. The summed E-state index contributed by atoms with van der Waals surface area (Å²) in [4.78, 5) is 23.3. The second kappa shape index (κ2) is 7.09. The molecule has 0 aromatic heterocycles. The Bertz CT molecular complexity index is 716. The van der Waals surface area contributed by atoms with Crippen LogP contribution in [-0.4, -0.2) is 18.4 Å². The lowest BCUT2D eigenvalue weighted by molar-refractivity contribution is -0.114. The van der Waals surface area contributed by atoms with Crippen molar-refractivity contribution in [3.63, 3.8) is 0 Å². The fraction of sp³-hybridized carbons (Fsp3) is 0.125. The molecule has 4 N–H and O–H groups in total. The van der Waals surface area contributed by atoms with E-state index in [0.29, 0.717) is 11.3 Å². The highest BCUT2D eigenvalue weighted by Gasteiger charge is 2.09. The van der Waals surface area contributed by atoms with E-state index in [4.69, 9.17) is 5.73 Å². The zero-order chi connectivity index (χ0) is 16.1. The lowest BCUT2D eigenvalue weighted by Gasteiger charge is -2.11. The van der Waals surface area contributed by atoms with Gasteiger partial charge in [0.05, 0.1) is 12.1 Å². The van der Waals surface area contributed by atoms with Crippen molar-refractivity contribution in [2.75, 3.05) is 17.2 Å². The van der Waals surface area contributed by atoms with Crippen LogP contribution in [0.15, 0.2) is 46.9 Å². The van der Waals surface area contributed by atoms with E-state index in [2.05, 4.69) is 26.6 Å². The fourth-order valence-electron chi connectivity index (χ4n) is 1.99. The van der Waals surface area contributed by atoms with Crippen LogP contribution in [0.25, 0.3) is 0 Å². The molecule has 0 aliphatic carbocycles. The second-order valence-electron chi connectivity index (χ2n) is 4.77. The summed E-state index contributed by atoms with van der Waals surface area (Å²) in [6, 6.07) is 12.4. The lowest BCUT2D eigenvalue weighted by Crippen LogP contribution is -2.23. The summed E-state index contributed by atoms with van der Waals surface area (Å²) in [7, 11) is 0. The SMILES string of the molecule is Cc1cc(Br)ccc1NC(=O)CNc1ccccc1C(N)=O. The Labute approximate surface area is 137 Å². The van der Waals surface area contributed by atoms with Gasteiger partial charge >= 0.3 is 0 Å². The topological polar surface area (TPSA) is 84.2 Å². The zero-order valence-electron chi connectivity index (χ0n) is 12.0. The van der Waals surface area contributed by atoms with Crippen molar-refractivity contribution in [3.8, 4) is 0 Å². The number of amides is 2. The molecule has 22 heavy (non-hydrogen) atoms. The monoisotopic (exact) mass is 361 g/mol. The van der Waals surface area contributed by atoms with Crippen molar-refractivity contribution in [2.24, 2.45) is 5.73 Å². The predicted octanol–water partition coefficient (Wildman–Crippen LogP) is 2.91. The number of aryl methyl sites for hydroxylation is 1. The lowest BCUT2D eigenvalue weighted by atomic mass is 10.1. The van der Waals surface area contributed by atoms with Crippen LogP contribution < -0.4 is 16.4 Å².